The second kappa shape index (κ2) is 9.22. The number of pyridine rings is 1. The Hall–Kier alpha value is -2.99. The fraction of sp³-hybridized carbons (Fsp3) is 0.375. The van der Waals surface area contributed by atoms with Crippen LogP contribution in [0.3, 0.4) is 0 Å². The zero-order valence-electron chi connectivity index (χ0n) is 17.3. The third-order valence-electron chi connectivity index (χ3n) is 5.62. The Morgan fingerprint density at radius 3 is 2.60 bits per heavy atom. The smallest absolute Gasteiger partial charge is 0.193 e. The number of likely N-dealkylation sites (tertiary alicyclic amines) is 1. The topological polar surface area (TPSA) is 74.8 Å². The van der Waals surface area contributed by atoms with Crippen LogP contribution in [0.2, 0.25) is 0 Å². The molecule has 2 N–H and O–H groups in total. The summed E-state index contributed by atoms with van der Waals surface area (Å²) in [4.78, 5) is 18.4. The Kier molecular flexibility index (Phi) is 6.23. The highest BCUT2D eigenvalue weighted by Gasteiger charge is 2.18. The summed E-state index contributed by atoms with van der Waals surface area (Å²) >= 11 is 0. The van der Waals surface area contributed by atoms with Crippen LogP contribution in [0, 0.1) is 0 Å². The van der Waals surface area contributed by atoms with Crippen molar-refractivity contribution in [3.05, 3.63) is 52.7 Å². The van der Waals surface area contributed by atoms with Gasteiger partial charge in [0.25, 0.3) is 0 Å². The maximum atomic E-state index is 12.7. The Balaban J connectivity index is 1.61. The predicted octanol–water partition coefficient (Wildman–Crippen LogP) is 4.16. The zero-order chi connectivity index (χ0) is 20.9. The first-order chi connectivity index (χ1) is 14.7. The first kappa shape index (κ1) is 20.3. The average Bonchev–Trinajstić information content (AvgIpc) is 2.77. The molecule has 0 aliphatic carbocycles. The van der Waals surface area contributed by atoms with E-state index in [1.807, 2.05) is 30.3 Å². The van der Waals surface area contributed by atoms with Crippen LogP contribution in [0.1, 0.15) is 25.7 Å². The van der Waals surface area contributed by atoms with E-state index in [4.69, 9.17) is 9.47 Å². The van der Waals surface area contributed by atoms with Gasteiger partial charge >= 0.3 is 0 Å². The molecule has 1 fully saturated rings. The number of phenolic OH excluding ortho intramolecular Hbond substituents is 1. The number of methoxy groups -OCH3 is 1. The minimum atomic E-state index is -0.268. The van der Waals surface area contributed by atoms with Gasteiger partial charge in [-0.3, -0.25) is 4.79 Å². The fourth-order valence-corrected chi connectivity index (χ4v) is 4.11. The third kappa shape index (κ3) is 4.28. The van der Waals surface area contributed by atoms with Crippen molar-refractivity contribution in [3.8, 4) is 28.5 Å². The molecule has 1 aliphatic rings. The number of nitrogens with zero attached hydrogens (tertiary/aromatic N) is 1. The van der Waals surface area contributed by atoms with E-state index in [2.05, 4.69) is 9.88 Å². The van der Waals surface area contributed by atoms with E-state index < -0.39 is 0 Å². The monoisotopic (exact) mass is 408 g/mol. The van der Waals surface area contributed by atoms with Crippen LogP contribution in [0.4, 0.5) is 0 Å². The molecule has 1 saturated heterocycles. The zero-order valence-corrected chi connectivity index (χ0v) is 17.3. The lowest BCUT2D eigenvalue weighted by molar-refractivity contribution is 0.203. The number of H-pyrrole nitrogens is 1. The quantitative estimate of drug-likeness (QED) is 0.574. The third-order valence-corrected chi connectivity index (χ3v) is 5.62. The number of nitrogens with one attached hydrogen (secondary N) is 1. The molecule has 3 aromatic rings. The molecule has 1 aliphatic heterocycles. The molecular formula is C24H28N2O4. The van der Waals surface area contributed by atoms with E-state index in [1.54, 1.807) is 7.11 Å². The maximum Gasteiger partial charge on any atom is 0.193 e. The molecule has 0 unspecified atom stereocenters. The van der Waals surface area contributed by atoms with E-state index >= 15 is 0 Å². The van der Waals surface area contributed by atoms with Crippen LogP contribution in [-0.2, 0) is 0 Å². The molecule has 0 radical (unpaired) electrons. The van der Waals surface area contributed by atoms with Gasteiger partial charge in [-0.15, -0.1) is 0 Å². The summed E-state index contributed by atoms with van der Waals surface area (Å²) in [6, 6.07) is 12.6. The number of hydrogen-bond acceptors (Lipinski definition) is 5. The average molecular weight is 408 g/mol. The molecule has 2 aromatic carbocycles. The largest absolute Gasteiger partial charge is 0.507 e. The number of fused-ring (bicyclic) bond motifs is 1. The van der Waals surface area contributed by atoms with Crippen LogP contribution in [0.25, 0.3) is 22.2 Å². The van der Waals surface area contributed by atoms with Gasteiger partial charge in [0.05, 0.1) is 19.1 Å². The predicted molar refractivity (Wildman–Crippen MR) is 119 cm³/mol. The number of aromatic hydroxyl groups is 1. The molecule has 0 saturated carbocycles. The summed E-state index contributed by atoms with van der Waals surface area (Å²) in [7, 11) is 1.54. The number of phenols is 1. The van der Waals surface area contributed by atoms with Crippen LogP contribution in [0.15, 0.2) is 47.3 Å². The Morgan fingerprint density at radius 1 is 1.10 bits per heavy atom. The van der Waals surface area contributed by atoms with Crippen molar-refractivity contribution < 1.29 is 14.6 Å². The van der Waals surface area contributed by atoms with Gasteiger partial charge in [0.1, 0.15) is 11.3 Å². The van der Waals surface area contributed by atoms with E-state index in [0.717, 1.165) is 31.6 Å². The molecule has 4 rings (SSSR count). The van der Waals surface area contributed by atoms with E-state index in [-0.39, 0.29) is 16.6 Å². The molecule has 2 heterocycles. The van der Waals surface area contributed by atoms with Gasteiger partial charge in [-0.2, -0.15) is 0 Å². The highest BCUT2D eigenvalue weighted by Crippen LogP contribution is 2.39. The number of piperidine rings is 1. The van der Waals surface area contributed by atoms with E-state index in [1.165, 1.54) is 31.4 Å². The Morgan fingerprint density at radius 2 is 1.87 bits per heavy atom. The Labute approximate surface area is 176 Å². The summed E-state index contributed by atoms with van der Waals surface area (Å²) in [5.41, 5.74) is 1.71. The van der Waals surface area contributed by atoms with Crippen LogP contribution >= 0.6 is 0 Å². The number of ether oxygens (including phenoxy) is 2. The minimum Gasteiger partial charge on any atom is -0.507 e. The maximum absolute atomic E-state index is 12.7. The van der Waals surface area contributed by atoms with Crippen molar-refractivity contribution in [2.24, 2.45) is 0 Å². The second-order valence-corrected chi connectivity index (χ2v) is 7.69. The van der Waals surface area contributed by atoms with Crippen molar-refractivity contribution in [1.82, 2.24) is 9.88 Å². The van der Waals surface area contributed by atoms with Gasteiger partial charge in [0, 0.05) is 24.4 Å². The van der Waals surface area contributed by atoms with Gasteiger partial charge < -0.3 is 24.5 Å². The number of benzene rings is 2. The van der Waals surface area contributed by atoms with E-state index in [9.17, 15) is 9.90 Å². The lowest BCUT2D eigenvalue weighted by atomic mass is 10.1. The Bertz CT molecular complexity index is 1060. The first-order valence-corrected chi connectivity index (χ1v) is 10.5. The second-order valence-electron chi connectivity index (χ2n) is 7.69. The molecule has 6 nitrogen and oxygen atoms in total. The number of rotatable bonds is 7. The number of aromatic nitrogens is 1. The molecule has 0 atom stereocenters. The van der Waals surface area contributed by atoms with Gasteiger partial charge in [-0.1, -0.05) is 36.8 Å². The molecule has 6 heteroatoms. The first-order valence-electron chi connectivity index (χ1n) is 10.5. The molecule has 0 spiro atoms. The fourth-order valence-electron chi connectivity index (χ4n) is 4.11. The molecule has 0 bridgehead atoms. The SMILES string of the molecule is COc1c(OCCCN2CCCCC2)cc(O)c2c(=O)cc(-c3ccccc3)[nH]c12. The van der Waals surface area contributed by atoms with Crippen molar-refractivity contribution in [2.45, 2.75) is 25.7 Å². The normalized spacial score (nSPS) is 14.7. The minimum absolute atomic E-state index is 0.113. The van der Waals surface area contributed by atoms with Crippen molar-refractivity contribution in [2.75, 3.05) is 33.4 Å². The van der Waals surface area contributed by atoms with Gasteiger partial charge in [-0.25, -0.2) is 0 Å². The lowest BCUT2D eigenvalue weighted by Gasteiger charge is -2.26. The van der Waals surface area contributed by atoms with Crippen molar-refractivity contribution in [1.29, 1.82) is 0 Å². The van der Waals surface area contributed by atoms with Crippen LogP contribution in [-0.4, -0.2) is 48.3 Å². The molecule has 30 heavy (non-hydrogen) atoms. The highest BCUT2D eigenvalue weighted by atomic mass is 16.5. The number of aromatic amines is 1. The summed E-state index contributed by atoms with van der Waals surface area (Å²) in [6.07, 6.45) is 4.75. The highest BCUT2D eigenvalue weighted by molar-refractivity contribution is 5.93. The van der Waals surface area contributed by atoms with Crippen LogP contribution < -0.4 is 14.9 Å². The summed E-state index contributed by atoms with van der Waals surface area (Å²) in [6.45, 7) is 3.82. The van der Waals surface area contributed by atoms with Crippen molar-refractivity contribution in [3.63, 3.8) is 0 Å². The summed E-state index contributed by atoms with van der Waals surface area (Å²) < 4.78 is 11.5. The van der Waals surface area contributed by atoms with Crippen LogP contribution in [0.5, 0.6) is 17.2 Å². The molecule has 1 aromatic heterocycles. The van der Waals surface area contributed by atoms with Gasteiger partial charge in [0.15, 0.2) is 16.9 Å². The molecule has 0 amide bonds. The summed E-state index contributed by atoms with van der Waals surface area (Å²) in [5.74, 6) is 0.746. The van der Waals surface area contributed by atoms with E-state index in [0.29, 0.717) is 29.3 Å². The molecule has 158 valence electrons. The lowest BCUT2D eigenvalue weighted by Crippen LogP contribution is -2.31. The summed E-state index contributed by atoms with van der Waals surface area (Å²) in [5, 5.41) is 10.7. The standard InChI is InChI=1S/C24H28N2O4/c1-29-24-21(30-14-8-13-26-11-6-3-7-12-26)16-20(28)22-19(27)15-18(25-23(22)24)17-9-4-2-5-10-17/h2,4-5,9-10,15-16,28H,3,6-8,11-14H2,1H3,(H,25,27). The number of hydrogen-bond donors (Lipinski definition) is 2. The van der Waals surface area contributed by atoms with Gasteiger partial charge in [0.2, 0.25) is 0 Å². The molecular weight excluding hydrogens is 380 g/mol. The van der Waals surface area contributed by atoms with Gasteiger partial charge in [-0.05, 0) is 37.9 Å². The van der Waals surface area contributed by atoms with Crippen molar-refractivity contribution >= 4 is 10.9 Å².